The number of nitrogens with one attached hydrogen (secondary N) is 1. The number of alkyl halides is 6. The van der Waals surface area contributed by atoms with E-state index in [9.17, 15) is 26.3 Å². The Morgan fingerprint density at radius 2 is 1.60 bits per heavy atom. The molecule has 9 heteroatoms. The van der Waals surface area contributed by atoms with Crippen LogP contribution in [0.4, 0.5) is 26.3 Å². The zero-order valence-corrected chi connectivity index (χ0v) is 6.87. The van der Waals surface area contributed by atoms with Crippen molar-refractivity contribution in [2.75, 3.05) is 0 Å². The Labute approximate surface area is 78.7 Å². The fourth-order valence-corrected chi connectivity index (χ4v) is 0.893. The fraction of sp³-hybridized carbons (Fsp3) is 0.500. The van der Waals surface area contributed by atoms with E-state index in [0.29, 0.717) is 0 Å². The number of aliphatic hydroxyl groups excluding tert-OH is 1. The predicted molar refractivity (Wildman–Crippen MR) is 34.5 cm³/mol. The Kier molecular flexibility index (Phi) is 2.68. The zero-order valence-electron chi connectivity index (χ0n) is 6.87. The number of nitrogens with zero attached hydrogens (tertiary/aromatic N) is 1. The number of hydrogen-bond acceptors (Lipinski definition) is 2. The average molecular weight is 234 g/mol. The molecule has 1 aromatic heterocycles. The molecule has 0 spiro atoms. The zero-order chi connectivity index (χ0) is 11.9. The molecule has 0 saturated carbocycles. The van der Waals surface area contributed by atoms with E-state index in [1.165, 1.54) is 4.98 Å². The van der Waals surface area contributed by atoms with Gasteiger partial charge in [0, 0.05) is 0 Å². The van der Waals surface area contributed by atoms with Gasteiger partial charge in [-0.15, -0.1) is 0 Å². The summed E-state index contributed by atoms with van der Waals surface area (Å²) in [6.45, 7) is -1.20. The van der Waals surface area contributed by atoms with Crippen molar-refractivity contribution in [2.45, 2.75) is 19.0 Å². The van der Waals surface area contributed by atoms with Crippen molar-refractivity contribution < 1.29 is 31.4 Å². The summed E-state index contributed by atoms with van der Waals surface area (Å²) in [6, 6.07) is 0. The summed E-state index contributed by atoms with van der Waals surface area (Å²) in [6.07, 6.45) is -10.0. The highest BCUT2D eigenvalue weighted by Crippen LogP contribution is 2.34. The van der Waals surface area contributed by atoms with Crippen LogP contribution in [0.5, 0.6) is 0 Å². The van der Waals surface area contributed by atoms with Gasteiger partial charge < -0.3 is 10.1 Å². The molecular weight excluding hydrogens is 230 g/mol. The molecule has 2 N–H and O–H groups in total. The maximum atomic E-state index is 12.1. The molecule has 0 aliphatic heterocycles. The minimum absolute atomic E-state index is 1.00. The first-order chi connectivity index (χ1) is 6.66. The van der Waals surface area contributed by atoms with Gasteiger partial charge in [0.1, 0.15) is 0 Å². The van der Waals surface area contributed by atoms with E-state index in [0.717, 1.165) is 0 Å². The van der Waals surface area contributed by atoms with E-state index >= 15 is 0 Å². The molecule has 0 unspecified atom stereocenters. The minimum Gasteiger partial charge on any atom is -0.390 e. The molecule has 0 fully saturated rings. The molecule has 15 heavy (non-hydrogen) atoms. The molecule has 0 aromatic carbocycles. The number of aromatic amines is 1. The van der Waals surface area contributed by atoms with E-state index < -0.39 is 36.2 Å². The Bertz CT molecular complexity index is 351. The van der Waals surface area contributed by atoms with E-state index in [-0.39, 0.29) is 0 Å². The summed E-state index contributed by atoms with van der Waals surface area (Å²) in [5.41, 5.74) is -2.76. The van der Waals surface area contributed by atoms with E-state index in [4.69, 9.17) is 5.11 Å². The van der Waals surface area contributed by atoms with Crippen LogP contribution in [0, 0.1) is 0 Å². The first kappa shape index (κ1) is 11.8. The van der Waals surface area contributed by atoms with Gasteiger partial charge in [-0.2, -0.15) is 26.3 Å². The summed E-state index contributed by atoms with van der Waals surface area (Å²) in [5.74, 6) is -1.78. The lowest BCUT2D eigenvalue weighted by molar-refractivity contribution is -0.149. The van der Waals surface area contributed by atoms with Crippen LogP contribution < -0.4 is 0 Å². The third-order valence-electron chi connectivity index (χ3n) is 1.47. The van der Waals surface area contributed by atoms with Crippen LogP contribution in [0.3, 0.4) is 0 Å². The number of aromatic nitrogens is 2. The van der Waals surface area contributed by atoms with Gasteiger partial charge in [0.15, 0.2) is 5.69 Å². The molecule has 0 amide bonds. The van der Waals surface area contributed by atoms with Crippen LogP contribution in [-0.4, -0.2) is 15.1 Å². The summed E-state index contributed by atoms with van der Waals surface area (Å²) < 4.78 is 72.1. The molecule has 0 aliphatic rings. The van der Waals surface area contributed by atoms with Gasteiger partial charge in [-0.05, 0) is 0 Å². The number of hydrogen-bond donors (Lipinski definition) is 2. The van der Waals surface area contributed by atoms with Crippen LogP contribution in [0.15, 0.2) is 0 Å². The SMILES string of the molecule is OCc1[nH]c(C(F)(F)F)nc1C(F)(F)F. The van der Waals surface area contributed by atoms with Crippen molar-refractivity contribution >= 4 is 0 Å². The van der Waals surface area contributed by atoms with E-state index in [1.54, 1.807) is 0 Å². The number of halogens is 6. The molecule has 1 rings (SSSR count). The maximum Gasteiger partial charge on any atom is 0.449 e. The summed E-state index contributed by atoms with van der Waals surface area (Å²) in [7, 11) is 0. The van der Waals surface area contributed by atoms with Crippen molar-refractivity contribution in [2.24, 2.45) is 0 Å². The van der Waals surface area contributed by atoms with Crippen LogP contribution in [-0.2, 0) is 19.0 Å². The summed E-state index contributed by atoms with van der Waals surface area (Å²) in [4.78, 5) is 3.73. The minimum atomic E-state index is -5.03. The number of aliphatic hydroxyl groups is 1. The second kappa shape index (κ2) is 3.40. The third kappa shape index (κ3) is 2.41. The first-order valence-corrected chi connectivity index (χ1v) is 3.50. The van der Waals surface area contributed by atoms with E-state index in [1.807, 2.05) is 0 Å². The molecule has 0 bridgehead atoms. The third-order valence-corrected chi connectivity index (χ3v) is 1.47. The van der Waals surface area contributed by atoms with Crippen LogP contribution in [0.25, 0.3) is 0 Å². The molecule has 0 saturated heterocycles. The second-order valence-corrected chi connectivity index (χ2v) is 2.57. The summed E-state index contributed by atoms with van der Waals surface area (Å²) >= 11 is 0. The topological polar surface area (TPSA) is 48.9 Å². The number of imidazole rings is 1. The molecule has 86 valence electrons. The number of rotatable bonds is 1. The highest BCUT2D eigenvalue weighted by atomic mass is 19.4. The molecule has 0 radical (unpaired) electrons. The average Bonchev–Trinajstić information content (AvgIpc) is 2.44. The lowest BCUT2D eigenvalue weighted by atomic mass is 10.3. The van der Waals surface area contributed by atoms with Crippen molar-refractivity contribution in [3.63, 3.8) is 0 Å². The fourth-order valence-electron chi connectivity index (χ4n) is 0.893. The Hall–Kier alpha value is -1.25. The summed E-state index contributed by atoms with van der Waals surface area (Å²) in [5, 5.41) is 8.42. The highest BCUT2D eigenvalue weighted by molar-refractivity contribution is 5.18. The van der Waals surface area contributed by atoms with Gasteiger partial charge in [0.25, 0.3) is 0 Å². The lowest BCUT2D eigenvalue weighted by Gasteiger charge is -2.03. The monoisotopic (exact) mass is 234 g/mol. The Balaban J connectivity index is 3.24. The maximum absolute atomic E-state index is 12.1. The molecule has 0 aliphatic carbocycles. The smallest absolute Gasteiger partial charge is 0.390 e. The lowest BCUT2D eigenvalue weighted by Crippen LogP contribution is -2.10. The van der Waals surface area contributed by atoms with Gasteiger partial charge >= 0.3 is 12.4 Å². The van der Waals surface area contributed by atoms with Gasteiger partial charge in [0.05, 0.1) is 12.3 Å². The van der Waals surface area contributed by atoms with E-state index in [2.05, 4.69) is 4.98 Å². The van der Waals surface area contributed by atoms with Gasteiger partial charge in [-0.25, -0.2) is 4.98 Å². The Morgan fingerprint density at radius 1 is 1.07 bits per heavy atom. The van der Waals surface area contributed by atoms with Crippen LogP contribution in [0.1, 0.15) is 17.2 Å². The molecular formula is C6H4F6N2O. The normalized spacial score (nSPS) is 13.3. The van der Waals surface area contributed by atoms with Crippen molar-refractivity contribution in [3.05, 3.63) is 17.2 Å². The van der Waals surface area contributed by atoms with Gasteiger partial charge in [0.2, 0.25) is 5.82 Å². The van der Waals surface area contributed by atoms with Gasteiger partial charge in [-0.1, -0.05) is 0 Å². The largest absolute Gasteiger partial charge is 0.449 e. The molecule has 1 aromatic rings. The highest BCUT2D eigenvalue weighted by Gasteiger charge is 2.42. The Morgan fingerprint density at radius 3 is 1.87 bits per heavy atom. The molecule has 0 atom stereocenters. The van der Waals surface area contributed by atoms with Crippen LogP contribution in [0.2, 0.25) is 0 Å². The number of H-pyrrole nitrogens is 1. The van der Waals surface area contributed by atoms with Gasteiger partial charge in [-0.3, -0.25) is 0 Å². The molecule has 3 nitrogen and oxygen atoms in total. The van der Waals surface area contributed by atoms with Crippen LogP contribution >= 0.6 is 0 Å². The quantitative estimate of drug-likeness (QED) is 0.729. The first-order valence-electron chi connectivity index (χ1n) is 3.50. The molecule has 1 heterocycles. The van der Waals surface area contributed by atoms with Crippen molar-refractivity contribution in [1.29, 1.82) is 0 Å². The predicted octanol–water partition coefficient (Wildman–Crippen LogP) is 1.94. The second-order valence-electron chi connectivity index (χ2n) is 2.57. The van der Waals surface area contributed by atoms with Crippen molar-refractivity contribution in [3.8, 4) is 0 Å². The van der Waals surface area contributed by atoms with Crippen molar-refractivity contribution in [1.82, 2.24) is 9.97 Å². The standard InChI is InChI=1S/C6H4F6N2O/c7-5(8,9)3-2(1-15)13-4(14-3)6(10,11)12/h15H,1H2,(H,13,14).